The van der Waals surface area contributed by atoms with Gasteiger partial charge in [-0.25, -0.2) is 4.79 Å². The Bertz CT molecular complexity index is 669. The standard InChI is InChI=1S/C19H22O4/c1-19(2,3)14-8-10-15(11-9-14)23-12-13-6-4-5-7-16(13)17(20)18(21)22/h4-11,17,20H,12H2,1-3H3,(H,21,22). The number of hydrogen-bond donors (Lipinski definition) is 2. The second kappa shape index (κ2) is 6.84. The van der Waals surface area contributed by atoms with Gasteiger partial charge in [0.25, 0.3) is 0 Å². The van der Waals surface area contributed by atoms with E-state index in [2.05, 4.69) is 20.8 Å². The van der Waals surface area contributed by atoms with Gasteiger partial charge in [-0.3, -0.25) is 0 Å². The lowest BCUT2D eigenvalue weighted by Crippen LogP contribution is -2.13. The highest BCUT2D eigenvalue weighted by atomic mass is 16.5. The van der Waals surface area contributed by atoms with Crippen molar-refractivity contribution in [1.82, 2.24) is 0 Å². The average molecular weight is 314 g/mol. The predicted octanol–water partition coefficient (Wildman–Crippen LogP) is 3.68. The van der Waals surface area contributed by atoms with E-state index in [0.29, 0.717) is 16.9 Å². The van der Waals surface area contributed by atoms with Gasteiger partial charge in [0.15, 0.2) is 6.10 Å². The smallest absolute Gasteiger partial charge is 0.337 e. The maximum Gasteiger partial charge on any atom is 0.337 e. The first-order valence-corrected chi connectivity index (χ1v) is 7.51. The van der Waals surface area contributed by atoms with E-state index >= 15 is 0 Å². The fourth-order valence-corrected chi connectivity index (χ4v) is 2.28. The van der Waals surface area contributed by atoms with E-state index in [0.717, 1.165) is 0 Å². The molecule has 2 N–H and O–H groups in total. The molecule has 0 heterocycles. The van der Waals surface area contributed by atoms with Crippen LogP contribution in [0.15, 0.2) is 48.5 Å². The number of aliphatic carboxylic acids is 1. The van der Waals surface area contributed by atoms with Crippen LogP contribution in [-0.2, 0) is 16.8 Å². The normalized spacial score (nSPS) is 12.7. The van der Waals surface area contributed by atoms with E-state index in [4.69, 9.17) is 9.84 Å². The van der Waals surface area contributed by atoms with Crippen molar-refractivity contribution < 1.29 is 19.7 Å². The second-order valence-corrected chi connectivity index (χ2v) is 6.50. The molecule has 0 saturated carbocycles. The molecule has 2 aromatic rings. The van der Waals surface area contributed by atoms with Crippen LogP contribution in [0.5, 0.6) is 5.75 Å². The van der Waals surface area contributed by atoms with Crippen molar-refractivity contribution in [3.8, 4) is 5.75 Å². The number of benzene rings is 2. The molecule has 4 nitrogen and oxygen atoms in total. The van der Waals surface area contributed by atoms with Crippen LogP contribution in [0.1, 0.15) is 43.6 Å². The zero-order chi connectivity index (χ0) is 17.0. The molecule has 2 aromatic carbocycles. The SMILES string of the molecule is CC(C)(C)c1ccc(OCc2ccccc2C(O)C(=O)O)cc1. The van der Waals surface area contributed by atoms with Gasteiger partial charge < -0.3 is 14.9 Å². The Kier molecular flexibility index (Phi) is 5.06. The summed E-state index contributed by atoms with van der Waals surface area (Å²) in [7, 11) is 0. The number of aliphatic hydroxyl groups excluding tert-OH is 1. The Balaban J connectivity index is 2.11. The quantitative estimate of drug-likeness (QED) is 0.883. The van der Waals surface area contributed by atoms with Crippen LogP contribution in [0.4, 0.5) is 0 Å². The highest BCUT2D eigenvalue weighted by Crippen LogP contribution is 2.25. The van der Waals surface area contributed by atoms with E-state index in [1.54, 1.807) is 24.3 Å². The summed E-state index contributed by atoms with van der Waals surface area (Å²) >= 11 is 0. The van der Waals surface area contributed by atoms with Gasteiger partial charge in [-0.05, 0) is 34.2 Å². The van der Waals surface area contributed by atoms with Gasteiger partial charge in [0.05, 0.1) is 0 Å². The minimum atomic E-state index is -1.54. The van der Waals surface area contributed by atoms with Crippen molar-refractivity contribution in [3.63, 3.8) is 0 Å². The van der Waals surface area contributed by atoms with Crippen molar-refractivity contribution in [2.45, 2.75) is 38.9 Å². The molecule has 122 valence electrons. The number of carbonyl (C=O) groups is 1. The summed E-state index contributed by atoms with van der Waals surface area (Å²) in [6, 6.07) is 14.7. The van der Waals surface area contributed by atoms with Crippen molar-refractivity contribution in [2.24, 2.45) is 0 Å². The summed E-state index contributed by atoms with van der Waals surface area (Å²) in [5.41, 5.74) is 2.30. The van der Waals surface area contributed by atoms with Gasteiger partial charge >= 0.3 is 5.97 Å². The number of carboxylic acid groups (broad SMARTS) is 1. The minimum Gasteiger partial charge on any atom is -0.489 e. The molecule has 1 unspecified atom stereocenters. The Hall–Kier alpha value is -2.33. The Morgan fingerprint density at radius 3 is 2.26 bits per heavy atom. The molecule has 0 bridgehead atoms. The lowest BCUT2D eigenvalue weighted by molar-refractivity contribution is -0.147. The summed E-state index contributed by atoms with van der Waals surface area (Å²) in [4.78, 5) is 11.0. The van der Waals surface area contributed by atoms with Crippen molar-refractivity contribution in [3.05, 3.63) is 65.2 Å². The summed E-state index contributed by atoms with van der Waals surface area (Å²) in [6.07, 6.45) is -1.54. The molecule has 1 atom stereocenters. The van der Waals surface area contributed by atoms with Crippen LogP contribution >= 0.6 is 0 Å². The van der Waals surface area contributed by atoms with E-state index in [-0.39, 0.29) is 12.0 Å². The summed E-state index contributed by atoms with van der Waals surface area (Å²) in [5.74, 6) is -0.565. The zero-order valence-corrected chi connectivity index (χ0v) is 13.6. The number of hydrogen-bond acceptors (Lipinski definition) is 3. The lowest BCUT2D eigenvalue weighted by Gasteiger charge is -2.19. The molecular weight excluding hydrogens is 292 g/mol. The Morgan fingerprint density at radius 1 is 1.09 bits per heavy atom. The van der Waals surface area contributed by atoms with Crippen LogP contribution in [0.2, 0.25) is 0 Å². The largest absolute Gasteiger partial charge is 0.489 e. The third kappa shape index (κ3) is 4.33. The van der Waals surface area contributed by atoms with Crippen LogP contribution in [0.25, 0.3) is 0 Å². The molecule has 0 aliphatic heterocycles. The fourth-order valence-electron chi connectivity index (χ4n) is 2.28. The number of carboxylic acids is 1. The van der Waals surface area contributed by atoms with Crippen molar-refractivity contribution in [2.75, 3.05) is 0 Å². The Labute approximate surface area is 136 Å². The lowest BCUT2D eigenvalue weighted by atomic mass is 9.87. The molecule has 23 heavy (non-hydrogen) atoms. The second-order valence-electron chi connectivity index (χ2n) is 6.50. The van der Waals surface area contributed by atoms with Crippen LogP contribution in [0, 0.1) is 0 Å². The number of rotatable bonds is 5. The van der Waals surface area contributed by atoms with Gasteiger partial charge in [0, 0.05) is 0 Å². The first kappa shape index (κ1) is 17.0. The third-order valence-corrected chi connectivity index (χ3v) is 3.70. The van der Waals surface area contributed by atoms with Crippen molar-refractivity contribution in [1.29, 1.82) is 0 Å². The molecule has 0 radical (unpaired) electrons. The van der Waals surface area contributed by atoms with Gasteiger partial charge in [0.2, 0.25) is 0 Å². The van der Waals surface area contributed by atoms with Crippen molar-refractivity contribution >= 4 is 5.97 Å². The summed E-state index contributed by atoms with van der Waals surface area (Å²) < 4.78 is 5.73. The molecule has 0 fully saturated rings. The van der Waals surface area contributed by atoms with Gasteiger partial charge in [0.1, 0.15) is 12.4 Å². The molecule has 0 aromatic heterocycles. The monoisotopic (exact) mass is 314 g/mol. The molecule has 0 spiro atoms. The number of ether oxygens (including phenoxy) is 1. The average Bonchev–Trinajstić information content (AvgIpc) is 2.52. The van der Waals surface area contributed by atoms with Crippen LogP contribution < -0.4 is 4.74 Å². The van der Waals surface area contributed by atoms with Gasteiger partial charge in [-0.15, -0.1) is 0 Å². The molecule has 2 rings (SSSR count). The zero-order valence-electron chi connectivity index (χ0n) is 13.6. The molecule has 0 saturated heterocycles. The molecular formula is C19H22O4. The highest BCUT2D eigenvalue weighted by Gasteiger charge is 2.19. The van der Waals surface area contributed by atoms with Crippen LogP contribution in [0.3, 0.4) is 0 Å². The summed E-state index contributed by atoms with van der Waals surface area (Å²) in [5, 5.41) is 18.7. The van der Waals surface area contributed by atoms with Gasteiger partial charge in [-0.1, -0.05) is 57.2 Å². The van der Waals surface area contributed by atoms with Gasteiger partial charge in [-0.2, -0.15) is 0 Å². The van der Waals surface area contributed by atoms with Crippen LogP contribution in [-0.4, -0.2) is 16.2 Å². The van der Waals surface area contributed by atoms with E-state index < -0.39 is 12.1 Å². The first-order valence-electron chi connectivity index (χ1n) is 7.51. The first-order chi connectivity index (χ1) is 10.8. The van der Waals surface area contributed by atoms with E-state index in [9.17, 15) is 9.90 Å². The maximum atomic E-state index is 11.0. The number of aliphatic hydroxyl groups is 1. The molecule has 0 aliphatic carbocycles. The van der Waals surface area contributed by atoms with E-state index in [1.807, 2.05) is 24.3 Å². The van der Waals surface area contributed by atoms with E-state index in [1.165, 1.54) is 5.56 Å². The molecule has 0 aliphatic rings. The topological polar surface area (TPSA) is 66.8 Å². The molecule has 4 heteroatoms. The minimum absolute atomic E-state index is 0.0801. The predicted molar refractivity (Wildman–Crippen MR) is 88.5 cm³/mol. The third-order valence-electron chi connectivity index (χ3n) is 3.70. The summed E-state index contributed by atoms with van der Waals surface area (Å²) in [6.45, 7) is 6.64. The fraction of sp³-hybridized carbons (Fsp3) is 0.316. The Morgan fingerprint density at radius 2 is 1.70 bits per heavy atom. The maximum absolute atomic E-state index is 11.0. The highest BCUT2D eigenvalue weighted by molar-refractivity contribution is 5.74. The molecule has 0 amide bonds.